The van der Waals surface area contributed by atoms with Crippen molar-refractivity contribution in [2.75, 3.05) is 13.1 Å². The van der Waals surface area contributed by atoms with Gasteiger partial charge in [0.05, 0.1) is 5.41 Å². The first-order chi connectivity index (χ1) is 13.5. The van der Waals surface area contributed by atoms with Crippen LogP contribution in [-0.2, 0) is 15.0 Å². The number of hydrogen-bond acceptors (Lipinski definition) is 4. The van der Waals surface area contributed by atoms with Crippen molar-refractivity contribution in [3.63, 3.8) is 0 Å². The van der Waals surface area contributed by atoms with Crippen molar-refractivity contribution in [3.8, 4) is 11.5 Å². The lowest BCUT2D eigenvalue weighted by atomic mass is 9.72. The number of benzene rings is 2. The zero-order valence-corrected chi connectivity index (χ0v) is 15.7. The average Bonchev–Trinajstić information content (AvgIpc) is 2.73. The highest BCUT2D eigenvalue weighted by Crippen LogP contribution is 2.38. The molecule has 146 valence electrons. The average molecular weight is 381 g/mol. The largest absolute Gasteiger partial charge is 0.482 e. The van der Waals surface area contributed by atoms with Gasteiger partial charge in [-0.05, 0) is 37.5 Å². The summed E-state index contributed by atoms with van der Waals surface area (Å²) in [6.07, 6.45) is -0.403. The molecule has 0 aliphatic carbocycles. The zero-order chi connectivity index (χ0) is 19.7. The van der Waals surface area contributed by atoms with E-state index >= 15 is 0 Å². The molecule has 2 unspecified atom stereocenters. The van der Waals surface area contributed by atoms with Crippen LogP contribution < -0.4 is 9.47 Å². The first-order valence-electron chi connectivity index (χ1n) is 9.51. The number of carboxylic acid groups (broad SMARTS) is 1. The maximum atomic E-state index is 13.1. The standard InChI is InChI=1S/C22H23NO5/c1-15-19(28-18-10-6-5-9-17(18)27-15)20(24)23-13-11-22(12-14-23,21(25)26)16-7-3-2-4-8-16/h2-10,15,19H,11-14H2,1H3,(H,25,26). The van der Waals surface area contributed by atoms with Gasteiger partial charge in [-0.3, -0.25) is 9.59 Å². The number of piperidine rings is 1. The van der Waals surface area contributed by atoms with E-state index in [0.29, 0.717) is 37.4 Å². The fourth-order valence-electron chi connectivity index (χ4n) is 4.06. The fourth-order valence-corrected chi connectivity index (χ4v) is 4.06. The lowest BCUT2D eigenvalue weighted by Gasteiger charge is -2.41. The number of carbonyl (C=O) groups is 2. The van der Waals surface area contributed by atoms with Crippen LogP contribution >= 0.6 is 0 Å². The van der Waals surface area contributed by atoms with E-state index in [0.717, 1.165) is 5.56 Å². The molecule has 1 fully saturated rings. The van der Waals surface area contributed by atoms with E-state index in [9.17, 15) is 14.7 Å². The molecule has 2 aromatic carbocycles. The van der Waals surface area contributed by atoms with Gasteiger partial charge >= 0.3 is 5.97 Å². The van der Waals surface area contributed by atoms with Crippen LogP contribution in [0.5, 0.6) is 11.5 Å². The summed E-state index contributed by atoms with van der Waals surface area (Å²) in [5.41, 5.74) is -0.172. The molecule has 1 saturated heterocycles. The van der Waals surface area contributed by atoms with Gasteiger partial charge in [-0.25, -0.2) is 0 Å². The molecule has 2 atom stereocenters. The Labute approximate surface area is 163 Å². The number of hydrogen-bond donors (Lipinski definition) is 1. The van der Waals surface area contributed by atoms with Gasteiger partial charge in [0.1, 0.15) is 6.10 Å². The number of ether oxygens (including phenoxy) is 2. The second-order valence-corrected chi connectivity index (χ2v) is 7.39. The number of carbonyl (C=O) groups excluding carboxylic acids is 1. The number of carboxylic acids is 1. The molecule has 6 heteroatoms. The van der Waals surface area contributed by atoms with Crippen molar-refractivity contribution >= 4 is 11.9 Å². The molecular formula is C22H23NO5. The van der Waals surface area contributed by atoms with E-state index in [2.05, 4.69) is 0 Å². The van der Waals surface area contributed by atoms with Gasteiger partial charge in [0.15, 0.2) is 11.5 Å². The third-order valence-corrected chi connectivity index (χ3v) is 5.75. The quantitative estimate of drug-likeness (QED) is 0.885. The van der Waals surface area contributed by atoms with E-state index in [-0.39, 0.29) is 5.91 Å². The number of aliphatic carboxylic acids is 1. The normalized spacial score (nSPS) is 23.1. The van der Waals surface area contributed by atoms with Gasteiger partial charge in [-0.1, -0.05) is 42.5 Å². The first-order valence-corrected chi connectivity index (χ1v) is 9.51. The number of para-hydroxylation sites is 2. The highest BCUT2D eigenvalue weighted by Gasteiger charge is 2.46. The molecule has 1 N–H and O–H groups in total. The Morgan fingerprint density at radius 2 is 1.54 bits per heavy atom. The molecule has 28 heavy (non-hydrogen) atoms. The van der Waals surface area contributed by atoms with Gasteiger partial charge in [0, 0.05) is 13.1 Å². The molecule has 2 heterocycles. The van der Waals surface area contributed by atoms with Crippen molar-refractivity contribution in [3.05, 3.63) is 60.2 Å². The monoisotopic (exact) mass is 381 g/mol. The highest BCUT2D eigenvalue weighted by molar-refractivity contribution is 5.85. The fraction of sp³-hybridized carbons (Fsp3) is 0.364. The van der Waals surface area contributed by atoms with Crippen LogP contribution in [0.25, 0.3) is 0 Å². The second kappa shape index (κ2) is 7.19. The summed E-state index contributed by atoms with van der Waals surface area (Å²) in [6.45, 7) is 2.55. The molecule has 2 aliphatic heterocycles. The minimum Gasteiger partial charge on any atom is -0.482 e. The summed E-state index contributed by atoms with van der Waals surface area (Å²) in [7, 11) is 0. The van der Waals surface area contributed by atoms with Crippen LogP contribution in [-0.4, -0.2) is 47.2 Å². The number of likely N-dealkylation sites (tertiary alicyclic amines) is 1. The third-order valence-electron chi connectivity index (χ3n) is 5.75. The smallest absolute Gasteiger partial charge is 0.314 e. The molecular weight excluding hydrogens is 358 g/mol. The van der Waals surface area contributed by atoms with Crippen molar-refractivity contribution < 1.29 is 24.2 Å². The lowest BCUT2D eigenvalue weighted by Crippen LogP contribution is -2.55. The number of nitrogens with zero attached hydrogens (tertiary/aromatic N) is 1. The van der Waals surface area contributed by atoms with Gasteiger partial charge in [0.2, 0.25) is 6.10 Å². The first kappa shape index (κ1) is 18.3. The van der Waals surface area contributed by atoms with E-state index in [1.54, 1.807) is 11.0 Å². The van der Waals surface area contributed by atoms with Crippen molar-refractivity contribution in [2.24, 2.45) is 0 Å². The molecule has 0 radical (unpaired) electrons. The van der Waals surface area contributed by atoms with Crippen LogP contribution in [0.2, 0.25) is 0 Å². The Morgan fingerprint density at radius 1 is 0.964 bits per heavy atom. The summed E-state index contributed by atoms with van der Waals surface area (Å²) in [6, 6.07) is 16.6. The summed E-state index contributed by atoms with van der Waals surface area (Å²) in [5.74, 6) is 0.186. The molecule has 4 rings (SSSR count). The number of amides is 1. The van der Waals surface area contributed by atoms with Gasteiger partial charge in [-0.15, -0.1) is 0 Å². The Morgan fingerprint density at radius 3 is 2.14 bits per heavy atom. The zero-order valence-electron chi connectivity index (χ0n) is 15.7. The SMILES string of the molecule is CC1Oc2ccccc2OC1C(=O)N1CCC(C(=O)O)(c2ccccc2)CC1. The number of rotatable bonds is 3. The van der Waals surface area contributed by atoms with Gasteiger partial charge in [-0.2, -0.15) is 0 Å². The van der Waals surface area contributed by atoms with Crippen LogP contribution in [0.3, 0.4) is 0 Å². The molecule has 0 bridgehead atoms. The molecule has 0 saturated carbocycles. The van der Waals surface area contributed by atoms with Crippen molar-refractivity contribution in [2.45, 2.75) is 37.4 Å². The highest BCUT2D eigenvalue weighted by atomic mass is 16.6. The second-order valence-electron chi connectivity index (χ2n) is 7.39. The van der Waals surface area contributed by atoms with Crippen molar-refractivity contribution in [1.82, 2.24) is 4.90 Å². The summed E-state index contributed by atoms with van der Waals surface area (Å²) >= 11 is 0. The Bertz CT molecular complexity index is 874. The lowest BCUT2D eigenvalue weighted by molar-refractivity contribution is -0.152. The Balaban J connectivity index is 1.49. The number of fused-ring (bicyclic) bond motifs is 1. The third kappa shape index (κ3) is 3.09. The minimum absolute atomic E-state index is 0.158. The topological polar surface area (TPSA) is 76.1 Å². The molecule has 6 nitrogen and oxygen atoms in total. The molecule has 2 aliphatic rings. The summed E-state index contributed by atoms with van der Waals surface area (Å²) in [5, 5.41) is 9.92. The molecule has 0 spiro atoms. The Hall–Kier alpha value is -3.02. The predicted molar refractivity (Wildman–Crippen MR) is 103 cm³/mol. The van der Waals surface area contributed by atoms with Crippen LogP contribution in [0.4, 0.5) is 0 Å². The van der Waals surface area contributed by atoms with E-state index < -0.39 is 23.6 Å². The van der Waals surface area contributed by atoms with E-state index in [4.69, 9.17) is 9.47 Å². The van der Waals surface area contributed by atoms with Crippen LogP contribution in [0, 0.1) is 0 Å². The van der Waals surface area contributed by atoms with Crippen molar-refractivity contribution in [1.29, 1.82) is 0 Å². The van der Waals surface area contributed by atoms with Crippen LogP contribution in [0.1, 0.15) is 25.3 Å². The molecule has 1 amide bonds. The van der Waals surface area contributed by atoms with E-state index in [1.165, 1.54) is 0 Å². The Kier molecular flexibility index (Phi) is 4.71. The maximum absolute atomic E-state index is 13.1. The van der Waals surface area contributed by atoms with Gasteiger partial charge < -0.3 is 19.5 Å². The van der Waals surface area contributed by atoms with Gasteiger partial charge in [0.25, 0.3) is 5.91 Å². The minimum atomic E-state index is -0.958. The summed E-state index contributed by atoms with van der Waals surface area (Å²) < 4.78 is 11.7. The predicted octanol–water partition coefficient (Wildman–Crippen LogP) is 2.86. The molecule has 2 aromatic rings. The van der Waals surface area contributed by atoms with Crippen LogP contribution in [0.15, 0.2) is 54.6 Å². The van der Waals surface area contributed by atoms with E-state index in [1.807, 2.05) is 55.5 Å². The maximum Gasteiger partial charge on any atom is 0.314 e. The summed E-state index contributed by atoms with van der Waals surface area (Å²) in [4.78, 5) is 26.9. The molecule has 0 aromatic heterocycles.